The van der Waals surface area contributed by atoms with E-state index in [0.29, 0.717) is 23.4 Å². The fraction of sp³-hybridized carbons (Fsp3) is 0.500. The molecule has 2 unspecified atom stereocenters. The van der Waals surface area contributed by atoms with Crippen LogP contribution < -0.4 is 0 Å². The summed E-state index contributed by atoms with van der Waals surface area (Å²) in [5, 5.41) is 0.705. The fourth-order valence-corrected chi connectivity index (χ4v) is 5.85. The number of benzene rings is 1. The lowest BCUT2D eigenvalue weighted by molar-refractivity contribution is -0.0585. The molecule has 6 heteroatoms. The first-order chi connectivity index (χ1) is 11.6. The highest BCUT2D eigenvalue weighted by atomic mass is 32.2. The Morgan fingerprint density at radius 2 is 2.04 bits per heavy atom. The van der Waals surface area contributed by atoms with E-state index in [2.05, 4.69) is 4.98 Å². The number of rotatable bonds is 2. The molecule has 0 radical (unpaired) electrons. The second kappa shape index (κ2) is 6.10. The zero-order chi connectivity index (χ0) is 16.7. The van der Waals surface area contributed by atoms with Crippen LogP contribution in [0.4, 0.5) is 0 Å². The lowest BCUT2D eigenvalue weighted by atomic mass is 9.91. The van der Waals surface area contributed by atoms with Crippen molar-refractivity contribution in [2.45, 2.75) is 49.6 Å². The minimum absolute atomic E-state index is 0.0366. The van der Waals surface area contributed by atoms with E-state index in [4.69, 9.17) is 4.74 Å². The molecule has 2 fully saturated rings. The Morgan fingerprint density at radius 1 is 1.21 bits per heavy atom. The quantitative estimate of drug-likeness (QED) is 0.839. The molecule has 128 valence electrons. The van der Waals surface area contributed by atoms with Gasteiger partial charge in [-0.2, -0.15) is 4.31 Å². The van der Waals surface area contributed by atoms with Gasteiger partial charge in [-0.05, 0) is 43.5 Å². The summed E-state index contributed by atoms with van der Waals surface area (Å²) in [5.74, 6) is 0. The summed E-state index contributed by atoms with van der Waals surface area (Å²) >= 11 is 0. The monoisotopic (exact) mass is 346 g/mol. The minimum Gasteiger partial charge on any atom is -0.375 e. The van der Waals surface area contributed by atoms with E-state index in [1.165, 1.54) is 0 Å². The summed E-state index contributed by atoms with van der Waals surface area (Å²) in [7, 11) is -3.56. The first kappa shape index (κ1) is 16.0. The highest BCUT2D eigenvalue weighted by Crippen LogP contribution is 2.34. The van der Waals surface area contributed by atoms with Crippen molar-refractivity contribution in [2.75, 3.05) is 13.2 Å². The van der Waals surface area contributed by atoms with Gasteiger partial charge >= 0.3 is 0 Å². The van der Waals surface area contributed by atoms with Gasteiger partial charge in [0.2, 0.25) is 10.0 Å². The SMILES string of the molecule is Cc1ccc(S(=O)(=O)N2CCOC3CCCCC32)c2cccnc12. The normalized spacial score (nSPS) is 25.5. The summed E-state index contributed by atoms with van der Waals surface area (Å²) in [4.78, 5) is 4.74. The maximum Gasteiger partial charge on any atom is 0.244 e. The summed E-state index contributed by atoms with van der Waals surface area (Å²) in [6.07, 6.45) is 5.76. The van der Waals surface area contributed by atoms with E-state index in [9.17, 15) is 8.42 Å². The Balaban J connectivity index is 1.82. The molecule has 0 bridgehead atoms. The van der Waals surface area contributed by atoms with Gasteiger partial charge in [0, 0.05) is 18.1 Å². The van der Waals surface area contributed by atoms with Gasteiger partial charge in [0.05, 0.1) is 29.2 Å². The molecule has 5 nitrogen and oxygen atoms in total. The van der Waals surface area contributed by atoms with Crippen LogP contribution in [0.15, 0.2) is 35.4 Å². The Bertz CT molecular complexity index is 864. The zero-order valence-electron chi connectivity index (χ0n) is 13.8. The molecule has 0 spiro atoms. The van der Waals surface area contributed by atoms with Crippen molar-refractivity contribution in [3.8, 4) is 0 Å². The Morgan fingerprint density at radius 3 is 2.92 bits per heavy atom. The summed E-state index contributed by atoms with van der Waals surface area (Å²) < 4.78 is 34.3. The largest absolute Gasteiger partial charge is 0.375 e. The summed E-state index contributed by atoms with van der Waals surface area (Å²) in [6.45, 7) is 2.86. The average Bonchev–Trinajstić information content (AvgIpc) is 2.61. The van der Waals surface area contributed by atoms with Gasteiger partial charge in [-0.25, -0.2) is 8.42 Å². The highest BCUT2D eigenvalue weighted by Gasteiger charge is 2.41. The van der Waals surface area contributed by atoms with E-state index in [1.54, 1.807) is 22.6 Å². The number of pyridine rings is 1. The van der Waals surface area contributed by atoms with Crippen molar-refractivity contribution in [1.82, 2.24) is 9.29 Å². The second-order valence-electron chi connectivity index (χ2n) is 6.66. The molecule has 4 rings (SSSR count). The number of sulfonamides is 1. The number of morpholine rings is 1. The third-order valence-corrected chi connectivity index (χ3v) is 7.18. The molecule has 24 heavy (non-hydrogen) atoms. The van der Waals surface area contributed by atoms with Crippen molar-refractivity contribution < 1.29 is 13.2 Å². The van der Waals surface area contributed by atoms with Crippen molar-refractivity contribution in [2.24, 2.45) is 0 Å². The van der Waals surface area contributed by atoms with Crippen LogP contribution in [0, 0.1) is 6.92 Å². The number of nitrogens with zero attached hydrogens (tertiary/aromatic N) is 2. The molecular formula is C18H22N2O3S. The highest BCUT2D eigenvalue weighted by molar-refractivity contribution is 7.89. The van der Waals surface area contributed by atoms with Crippen LogP contribution in [0.2, 0.25) is 0 Å². The van der Waals surface area contributed by atoms with Gasteiger partial charge in [-0.15, -0.1) is 0 Å². The number of hydrogen-bond donors (Lipinski definition) is 0. The number of aromatic nitrogens is 1. The molecule has 2 heterocycles. The number of ether oxygens (including phenoxy) is 1. The first-order valence-corrected chi connectivity index (χ1v) is 10.0. The maximum atomic E-state index is 13.4. The molecule has 1 aliphatic carbocycles. The van der Waals surface area contributed by atoms with E-state index in [-0.39, 0.29) is 12.1 Å². The van der Waals surface area contributed by atoms with Crippen molar-refractivity contribution in [1.29, 1.82) is 0 Å². The topological polar surface area (TPSA) is 59.5 Å². The maximum absolute atomic E-state index is 13.4. The summed E-state index contributed by atoms with van der Waals surface area (Å²) in [6, 6.07) is 7.18. The lowest BCUT2D eigenvalue weighted by Crippen LogP contribution is -2.54. The van der Waals surface area contributed by atoms with Crippen LogP contribution in [0.5, 0.6) is 0 Å². The van der Waals surface area contributed by atoms with Crippen LogP contribution in [0.3, 0.4) is 0 Å². The van der Waals surface area contributed by atoms with Gasteiger partial charge in [-0.3, -0.25) is 4.98 Å². The molecule has 2 aliphatic rings. The van der Waals surface area contributed by atoms with Gasteiger partial charge in [0.15, 0.2) is 0 Å². The third-order valence-electron chi connectivity index (χ3n) is 5.20. The Labute approximate surface area is 142 Å². The second-order valence-corrected chi connectivity index (χ2v) is 8.52. The number of fused-ring (bicyclic) bond motifs is 2. The predicted molar refractivity (Wildman–Crippen MR) is 92.4 cm³/mol. The number of aryl methyl sites for hydroxylation is 1. The van der Waals surface area contributed by atoms with Gasteiger partial charge in [-0.1, -0.05) is 18.9 Å². The lowest BCUT2D eigenvalue weighted by Gasteiger charge is -2.42. The van der Waals surface area contributed by atoms with E-state index in [0.717, 1.165) is 36.8 Å². The van der Waals surface area contributed by atoms with E-state index >= 15 is 0 Å². The van der Waals surface area contributed by atoms with Crippen LogP contribution in [-0.2, 0) is 14.8 Å². The van der Waals surface area contributed by atoms with Gasteiger partial charge in [0.1, 0.15) is 0 Å². The first-order valence-electron chi connectivity index (χ1n) is 8.57. The van der Waals surface area contributed by atoms with Gasteiger partial charge < -0.3 is 4.74 Å². The standard InChI is InChI=1S/C18H22N2O3S/c1-13-8-9-17(14-5-4-10-19-18(13)14)24(21,22)20-11-12-23-16-7-3-2-6-15(16)20/h4-5,8-10,15-16H,2-3,6-7,11-12H2,1H3. The fourth-order valence-electron chi connectivity index (χ4n) is 4.00. The molecule has 0 N–H and O–H groups in total. The van der Waals surface area contributed by atoms with Crippen LogP contribution in [0.1, 0.15) is 31.2 Å². The molecule has 1 saturated heterocycles. The minimum atomic E-state index is -3.56. The van der Waals surface area contributed by atoms with Crippen molar-refractivity contribution in [3.63, 3.8) is 0 Å². The van der Waals surface area contributed by atoms with Crippen LogP contribution in [0.25, 0.3) is 10.9 Å². The molecular weight excluding hydrogens is 324 g/mol. The number of hydrogen-bond acceptors (Lipinski definition) is 4. The van der Waals surface area contributed by atoms with Gasteiger partial charge in [0.25, 0.3) is 0 Å². The summed E-state index contributed by atoms with van der Waals surface area (Å²) in [5.41, 5.74) is 1.74. The Hall–Kier alpha value is -1.50. The molecule has 1 aromatic heterocycles. The molecule has 1 saturated carbocycles. The van der Waals surface area contributed by atoms with Crippen LogP contribution >= 0.6 is 0 Å². The van der Waals surface area contributed by atoms with E-state index < -0.39 is 10.0 Å². The van der Waals surface area contributed by atoms with Crippen molar-refractivity contribution >= 4 is 20.9 Å². The van der Waals surface area contributed by atoms with E-state index in [1.807, 2.05) is 19.1 Å². The van der Waals surface area contributed by atoms with Crippen LogP contribution in [-0.4, -0.2) is 43.0 Å². The van der Waals surface area contributed by atoms with Crippen molar-refractivity contribution in [3.05, 3.63) is 36.0 Å². The predicted octanol–water partition coefficient (Wildman–Crippen LogP) is 2.88. The molecule has 2 aromatic rings. The Kier molecular flexibility index (Phi) is 4.06. The molecule has 1 aliphatic heterocycles. The third kappa shape index (κ3) is 2.53. The molecule has 1 aromatic carbocycles. The molecule has 2 atom stereocenters. The molecule has 0 amide bonds. The zero-order valence-corrected chi connectivity index (χ0v) is 14.6. The smallest absolute Gasteiger partial charge is 0.244 e. The average molecular weight is 346 g/mol.